The molecule has 1 aromatic rings. The maximum atomic E-state index is 5.53. The van der Waals surface area contributed by atoms with E-state index < -0.39 is 0 Å². The molecule has 0 aliphatic carbocycles. The van der Waals surface area contributed by atoms with Gasteiger partial charge in [0.05, 0.1) is 18.8 Å². The van der Waals surface area contributed by atoms with Gasteiger partial charge in [0.15, 0.2) is 0 Å². The highest BCUT2D eigenvalue weighted by Crippen LogP contribution is 2.28. The predicted molar refractivity (Wildman–Crippen MR) is 107 cm³/mol. The lowest BCUT2D eigenvalue weighted by Crippen LogP contribution is -2.56. The Morgan fingerprint density at radius 1 is 1.28 bits per heavy atom. The number of rotatable bonds is 9. The molecule has 1 fully saturated rings. The van der Waals surface area contributed by atoms with Gasteiger partial charge in [0.1, 0.15) is 12.3 Å². The van der Waals surface area contributed by atoms with Crippen LogP contribution in [-0.4, -0.2) is 55.3 Å². The first-order valence-corrected chi connectivity index (χ1v) is 9.77. The lowest BCUT2D eigenvalue weighted by molar-refractivity contribution is 0.00500. The molecular formula is C20H28N2O2S. The van der Waals surface area contributed by atoms with Gasteiger partial charge >= 0.3 is 0 Å². The first kappa shape index (κ1) is 19.8. The van der Waals surface area contributed by atoms with Gasteiger partial charge in [-0.15, -0.1) is 18.3 Å². The summed E-state index contributed by atoms with van der Waals surface area (Å²) in [4.78, 5) is 9.15. The normalized spacial score (nSPS) is 18.4. The maximum Gasteiger partial charge on any atom is 0.135 e. The number of morpholine rings is 1. The lowest BCUT2D eigenvalue weighted by Gasteiger charge is -2.43. The minimum atomic E-state index is -0.298. The number of hydrogen-bond acceptors (Lipinski definition) is 5. The van der Waals surface area contributed by atoms with E-state index in [1.54, 1.807) is 17.8 Å². The van der Waals surface area contributed by atoms with Gasteiger partial charge in [-0.2, -0.15) is 0 Å². The first-order chi connectivity index (χ1) is 12.2. The number of nitrogens with zero attached hydrogens (tertiary/aromatic N) is 2. The number of benzene rings is 1. The van der Waals surface area contributed by atoms with E-state index >= 15 is 0 Å². The molecule has 1 atom stereocenters. The molecule has 2 rings (SSSR count). The van der Waals surface area contributed by atoms with E-state index in [4.69, 9.17) is 9.57 Å². The van der Waals surface area contributed by atoms with Crippen LogP contribution in [0.3, 0.4) is 0 Å². The molecule has 1 aliphatic rings. The molecule has 0 aromatic heterocycles. The molecule has 25 heavy (non-hydrogen) atoms. The molecule has 1 aromatic carbocycles. The third kappa shape index (κ3) is 4.97. The Labute approximate surface area is 155 Å². The second kappa shape index (κ2) is 9.80. The lowest BCUT2D eigenvalue weighted by atomic mass is 9.85. The summed E-state index contributed by atoms with van der Waals surface area (Å²) in [5.74, 6) is 0. The van der Waals surface area contributed by atoms with Crippen LogP contribution in [-0.2, 0) is 9.57 Å². The van der Waals surface area contributed by atoms with Crippen LogP contribution in [0.25, 0.3) is 0 Å². The van der Waals surface area contributed by atoms with Gasteiger partial charge in [-0.05, 0) is 31.7 Å². The van der Waals surface area contributed by atoms with Crippen molar-refractivity contribution in [3.05, 3.63) is 55.1 Å². The second-order valence-electron chi connectivity index (χ2n) is 6.12. The SMILES string of the molecule is C=CCON=C(c1ccc(SC)cc1)C(C)(CC=C)N1CCOCC1. The van der Waals surface area contributed by atoms with Gasteiger partial charge in [0.2, 0.25) is 0 Å². The summed E-state index contributed by atoms with van der Waals surface area (Å²) in [5.41, 5.74) is 1.69. The quantitative estimate of drug-likeness (QED) is 0.219. The average molecular weight is 361 g/mol. The van der Waals surface area contributed by atoms with Crippen LogP contribution >= 0.6 is 11.8 Å². The Morgan fingerprint density at radius 2 is 1.96 bits per heavy atom. The molecule has 1 unspecified atom stereocenters. The van der Waals surface area contributed by atoms with Gasteiger partial charge in [0, 0.05) is 23.5 Å². The Hall–Kier alpha value is -1.56. The van der Waals surface area contributed by atoms with Crippen molar-refractivity contribution in [1.82, 2.24) is 4.90 Å². The Bertz CT molecular complexity index is 594. The fourth-order valence-electron chi connectivity index (χ4n) is 3.08. The van der Waals surface area contributed by atoms with E-state index in [1.165, 1.54) is 4.90 Å². The number of ether oxygens (including phenoxy) is 1. The molecule has 0 radical (unpaired) electrons. The van der Waals surface area contributed by atoms with Crippen LogP contribution in [0.5, 0.6) is 0 Å². The molecular weight excluding hydrogens is 332 g/mol. The van der Waals surface area contributed by atoms with Crippen LogP contribution in [0.1, 0.15) is 18.9 Å². The molecule has 1 aliphatic heterocycles. The zero-order valence-electron chi connectivity index (χ0n) is 15.2. The highest BCUT2D eigenvalue weighted by molar-refractivity contribution is 7.98. The largest absolute Gasteiger partial charge is 0.391 e. The molecule has 0 amide bonds. The minimum absolute atomic E-state index is 0.298. The highest BCUT2D eigenvalue weighted by atomic mass is 32.2. The predicted octanol–water partition coefficient (Wildman–Crippen LogP) is 3.98. The van der Waals surface area contributed by atoms with Crippen molar-refractivity contribution in [3.8, 4) is 0 Å². The van der Waals surface area contributed by atoms with E-state index in [-0.39, 0.29) is 5.54 Å². The summed E-state index contributed by atoms with van der Waals surface area (Å²) in [6, 6.07) is 8.47. The summed E-state index contributed by atoms with van der Waals surface area (Å²) in [6.45, 7) is 13.5. The third-order valence-electron chi connectivity index (χ3n) is 4.47. The summed E-state index contributed by atoms with van der Waals surface area (Å²) in [7, 11) is 0. The molecule has 1 heterocycles. The van der Waals surface area contributed by atoms with Crippen molar-refractivity contribution in [2.24, 2.45) is 5.16 Å². The topological polar surface area (TPSA) is 34.1 Å². The van der Waals surface area contributed by atoms with Crippen LogP contribution in [0.15, 0.2) is 59.6 Å². The van der Waals surface area contributed by atoms with E-state index in [1.807, 2.05) is 6.08 Å². The molecule has 0 saturated carbocycles. The molecule has 0 spiro atoms. The summed E-state index contributed by atoms with van der Waals surface area (Å²) in [5, 5.41) is 4.51. The van der Waals surface area contributed by atoms with Crippen LogP contribution in [0.2, 0.25) is 0 Å². The van der Waals surface area contributed by atoms with Crippen LogP contribution in [0, 0.1) is 0 Å². The second-order valence-corrected chi connectivity index (χ2v) is 7.00. The van der Waals surface area contributed by atoms with Crippen molar-refractivity contribution in [3.63, 3.8) is 0 Å². The average Bonchev–Trinajstić information content (AvgIpc) is 2.66. The monoisotopic (exact) mass is 360 g/mol. The van der Waals surface area contributed by atoms with E-state index in [2.05, 4.69) is 60.7 Å². The fourth-order valence-corrected chi connectivity index (χ4v) is 3.49. The first-order valence-electron chi connectivity index (χ1n) is 8.55. The fraction of sp³-hybridized carbons (Fsp3) is 0.450. The molecule has 0 bridgehead atoms. The van der Waals surface area contributed by atoms with Crippen LogP contribution < -0.4 is 0 Å². The van der Waals surface area contributed by atoms with Crippen LogP contribution in [0.4, 0.5) is 0 Å². The van der Waals surface area contributed by atoms with Gasteiger partial charge in [-0.25, -0.2) is 0 Å². The summed E-state index contributed by atoms with van der Waals surface area (Å²) >= 11 is 1.73. The van der Waals surface area contributed by atoms with Gasteiger partial charge in [-0.1, -0.05) is 36.0 Å². The number of oxime groups is 1. The maximum absolute atomic E-state index is 5.53. The van der Waals surface area contributed by atoms with Crippen molar-refractivity contribution < 1.29 is 9.57 Å². The molecule has 5 heteroatoms. The van der Waals surface area contributed by atoms with E-state index in [9.17, 15) is 0 Å². The molecule has 0 N–H and O–H groups in total. The zero-order valence-corrected chi connectivity index (χ0v) is 16.1. The third-order valence-corrected chi connectivity index (χ3v) is 5.22. The van der Waals surface area contributed by atoms with Crippen molar-refractivity contribution in [1.29, 1.82) is 0 Å². The highest BCUT2D eigenvalue weighted by Gasteiger charge is 2.38. The standard InChI is InChI=1S/C20H28N2O2S/c1-5-11-20(3,22-12-15-23-16-13-22)19(21-24-14-6-2)17-7-9-18(25-4)10-8-17/h5-10H,1-2,11-16H2,3-4H3. The smallest absolute Gasteiger partial charge is 0.135 e. The molecule has 1 saturated heterocycles. The van der Waals surface area contributed by atoms with Crippen molar-refractivity contribution in [2.45, 2.75) is 23.8 Å². The van der Waals surface area contributed by atoms with Gasteiger partial charge in [-0.3, -0.25) is 4.90 Å². The van der Waals surface area contributed by atoms with Crippen molar-refractivity contribution in [2.75, 3.05) is 39.2 Å². The minimum Gasteiger partial charge on any atom is -0.391 e. The number of thioether (sulfide) groups is 1. The Morgan fingerprint density at radius 3 is 2.52 bits per heavy atom. The summed E-state index contributed by atoms with van der Waals surface area (Å²) < 4.78 is 5.53. The molecule has 136 valence electrons. The van der Waals surface area contributed by atoms with E-state index in [0.717, 1.165) is 44.0 Å². The van der Waals surface area contributed by atoms with E-state index in [0.29, 0.717) is 6.61 Å². The van der Waals surface area contributed by atoms with Gasteiger partial charge in [0.25, 0.3) is 0 Å². The van der Waals surface area contributed by atoms with Gasteiger partial charge < -0.3 is 9.57 Å². The summed E-state index contributed by atoms with van der Waals surface area (Å²) in [6.07, 6.45) is 6.52. The Balaban J connectivity index is 2.42. The van der Waals surface area contributed by atoms with Crippen molar-refractivity contribution >= 4 is 17.5 Å². The zero-order chi connectivity index (χ0) is 18.1. The number of hydrogen-bond donors (Lipinski definition) is 0. The molecule has 4 nitrogen and oxygen atoms in total. The Kier molecular flexibility index (Phi) is 7.75.